The van der Waals surface area contributed by atoms with E-state index in [-0.39, 0.29) is 12.3 Å². The first-order valence-corrected chi connectivity index (χ1v) is 22.1. The van der Waals surface area contributed by atoms with E-state index in [2.05, 4.69) is 237 Å². The molecule has 0 amide bonds. The zero-order valence-corrected chi connectivity index (χ0v) is 35.5. The molecule has 0 aliphatic carbocycles. The van der Waals surface area contributed by atoms with E-state index in [0.29, 0.717) is 0 Å². The smallest absolute Gasteiger partial charge is 0.333 e. The van der Waals surface area contributed by atoms with Crippen LogP contribution in [0.4, 0.5) is 28.4 Å². The molecule has 13 rings (SSSR count). The molecular formula is C59H43BN2O. The third-order valence-corrected chi connectivity index (χ3v) is 14.0. The van der Waals surface area contributed by atoms with Crippen LogP contribution < -0.4 is 20.6 Å². The first-order valence-electron chi connectivity index (χ1n) is 22.1. The molecule has 9 aromatic carbocycles. The van der Waals surface area contributed by atoms with E-state index in [4.69, 9.17) is 4.42 Å². The zero-order chi connectivity index (χ0) is 42.0. The molecule has 3 aliphatic rings. The lowest BCUT2D eigenvalue weighted by Gasteiger charge is -2.52. The molecule has 4 heterocycles. The summed E-state index contributed by atoms with van der Waals surface area (Å²) in [6, 6.07) is 76.6. The van der Waals surface area contributed by atoms with E-state index >= 15 is 0 Å². The second-order valence-electron chi connectivity index (χ2n) is 18.4. The topological polar surface area (TPSA) is 19.6 Å². The highest BCUT2D eigenvalue weighted by Crippen LogP contribution is 2.59. The predicted molar refractivity (Wildman–Crippen MR) is 263 cm³/mol. The zero-order valence-electron chi connectivity index (χ0n) is 35.5. The third kappa shape index (κ3) is 4.98. The van der Waals surface area contributed by atoms with Gasteiger partial charge in [0.2, 0.25) is 0 Å². The Morgan fingerprint density at radius 2 is 1.11 bits per heavy atom. The third-order valence-electron chi connectivity index (χ3n) is 14.0. The predicted octanol–water partition coefficient (Wildman–Crippen LogP) is 14.0. The minimum Gasteiger partial charge on any atom is -0.454 e. The summed E-state index contributed by atoms with van der Waals surface area (Å²) in [5.74, 6) is 0. The van der Waals surface area contributed by atoms with Gasteiger partial charge >= 0.3 is 6.85 Å². The lowest BCUT2D eigenvalue weighted by Crippen LogP contribution is -2.63. The number of anilines is 5. The van der Waals surface area contributed by atoms with Gasteiger partial charge in [-0.25, -0.2) is 0 Å². The number of hydrogen-bond acceptors (Lipinski definition) is 3. The van der Waals surface area contributed by atoms with E-state index in [0.717, 1.165) is 27.6 Å². The van der Waals surface area contributed by atoms with Crippen LogP contribution in [-0.2, 0) is 10.8 Å². The highest BCUT2D eigenvalue weighted by molar-refractivity contribution is 6.94. The summed E-state index contributed by atoms with van der Waals surface area (Å²) in [6.07, 6.45) is 0. The lowest BCUT2D eigenvalue weighted by molar-refractivity contribution is 0.590. The van der Waals surface area contributed by atoms with Crippen LogP contribution in [0.15, 0.2) is 211 Å². The van der Waals surface area contributed by atoms with Crippen LogP contribution in [-0.4, -0.2) is 6.85 Å². The molecule has 0 spiro atoms. The summed E-state index contributed by atoms with van der Waals surface area (Å²) in [5.41, 5.74) is 20.7. The van der Waals surface area contributed by atoms with Crippen molar-refractivity contribution >= 4 is 68.1 Å². The van der Waals surface area contributed by atoms with Crippen molar-refractivity contribution in [2.75, 3.05) is 9.71 Å². The Morgan fingerprint density at radius 1 is 0.476 bits per heavy atom. The van der Waals surface area contributed by atoms with Gasteiger partial charge in [0.15, 0.2) is 5.58 Å². The van der Waals surface area contributed by atoms with Crippen molar-refractivity contribution in [3.63, 3.8) is 0 Å². The molecule has 4 heteroatoms. The fourth-order valence-corrected chi connectivity index (χ4v) is 11.3. The molecule has 0 N–H and O–H groups in total. The van der Waals surface area contributed by atoms with Crippen LogP contribution in [0.5, 0.6) is 0 Å². The molecule has 0 unspecified atom stereocenters. The lowest BCUT2D eigenvalue weighted by atomic mass is 9.42. The Balaban J connectivity index is 1.21. The van der Waals surface area contributed by atoms with Crippen LogP contribution in [0.3, 0.4) is 0 Å². The SMILES string of the molecule is CC(C)(C)c1cc2c3c(c1)N1c4ccccc4C(c4ccccc4)(c4ccccc4)c4cccc(c41)B3N(c1cccc3c1oc1ccccc13)c1cc(-c3ccccc3)ccc1-2. The highest BCUT2D eigenvalue weighted by Gasteiger charge is 2.53. The van der Waals surface area contributed by atoms with E-state index < -0.39 is 5.41 Å². The summed E-state index contributed by atoms with van der Waals surface area (Å²) in [5, 5.41) is 2.24. The standard InChI is InChI=1S/C59H43BN2O/c1-58(2,3)42-36-46-43-34-33-39(38-19-7-4-8-20-38)35-52(43)62(51-31-17-26-45-44-25-13-16-32-54(44)63-57(45)51)60-49-29-18-28-48-56(49)61(53(37-42)55(46)60)50-30-15-14-27-47(50)59(48,40-21-9-5-10-22-40)41-23-11-6-12-24-41/h4-37H,1-3H3. The molecule has 0 atom stereocenters. The van der Waals surface area contributed by atoms with E-state index in [1.54, 1.807) is 0 Å². The second-order valence-corrected chi connectivity index (χ2v) is 18.4. The molecule has 3 nitrogen and oxygen atoms in total. The summed E-state index contributed by atoms with van der Waals surface area (Å²) in [6.45, 7) is 6.84. The van der Waals surface area contributed by atoms with Gasteiger partial charge < -0.3 is 14.1 Å². The Labute approximate surface area is 368 Å². The molecule has 0 bridgehead atoms. The molecule has 1 aromatic heterocycles. The molecule has 298 valence electrons. The van der Waals surface area contributed by atoms with Gasteiger partial charge in [-0.15, -0.1) is 0 Å². The average molecular weight is 807 g/mol. The molecular weight excluding hydrogens is 763 g/mol. The number of rotatable bonds is 4. The first kappa shape index (κ1) is 36.1. The number of benzene rings is 9. The number of furan rings is 1. The van der Waals surface area contributed by atoms with Crippen LogP contribution in [0.1, 0.15) is 48.6 Å². The Morgan fingerprint density at radius 3 is 1.87 bits per heavy atom. The largest absolute Gasteiger partial charge is 0.454 e. The normalized spacial score (nSPS) is 14.3. The monoisotopic (exact) mass is 806 g/mol. The van der Waals surface area contributed by atoms with Crippen LogP contribution >= 0.6 is 0 Å². The van der Waals surface area contributed by atoms with Gasteiger partial charge in [0, 0.05) is 33.4 Å². The minimum atomic E-state index is -0.598. The van der Waals surface area contributed by atoms with Gasteiger partial charge in [-0.05, 0) is 91.2 Å². The van der Waals surface area contributed by atoms with Crippen molar-refractivity contribution in [3.8, 4) is 22.3 Å². The van der Waals surface area contributed by atoms with E-state index in [1.807, 2.05) is 0 Å². The Kier molecular flexibility index (Phi) is 7.58. The van der Waals surface area contributed by atoms with Crippen molar-refractivity contribution in [3.05, 3.63) is 234 Å². The van der Waals surface area contributed by atoms with Gasteiger partial charge in [-0.1, -0.05) is 197 Å². The summed E-state index contributed by atoms with van der Waals surface area (Å²) < 4.78 is 6.97. The van der Waals surface area contributed by atoms with Crippen molar-refractivity contribution < 1.29 is 4.42 Å². The number of hydrogen-bond donors (Lipinski definition) is 0. The van der Waals surface area contributed by atoms with Crippen molar-refractivity contribution in [1.29, 1.82) is 0 Å². The van der Waals surface area contributed by atoms with Gasteiger partial charge in [-0.2, -0.15) is 0 Å². The van der Waals surface area contributed by atoms with E-state index in [9.17, 15) is 0 Å². The number of fused-ring (bicyclic) bond motifs is 9. The fraction of sp³-hybridized carbons (Fsp3) is 0.0847. The molecule has 0 saturated heterocycles. The molecule has 0 fully saturated rings. The van der Waals surface area contributed by atoms with Crippen LogP contribution in [0, 0.1) is 0 Å². The molecule has 10 aromatic rings. The maximum Gasteiger partial charge on any atom is 0.333 e. The number of nitrogens with zero attached hydrogens (tertiary/aromatic N) is 2. The van der Waals surface area contributed by atoms with Crippen molar-refractivity contribution in [2.45, 2.75) is 31.6 Å². The van der Waals surface area contributed by atoms with Gasteiger partial charge in [0.05, 0.1) is 16.8 Å². The summed E-state index contributed by atoms with van der Waals surface area (Å²) in [4.78, 5) is 5.24. The highest BCUT2D eigenvalue weighted by atomic mass is 16.3. The fourth-order valence-electron chi connectivity index (χ4n) is 11.3. The van der Waals surface area contributed by atoms with Crippen molar-refractivity contribution in [1.82, 2.24) is 0 Å². The van der Waals surface area contributed by atoms with Crippen LogP contribution in [0.25, 0.3) is 44.2 Å². The molecule has 3 aliphatic heterocycles. The summed E-state index contributed by atoms with van der Waals surface area (Å²) >= 11 is 0. The van der Waals surface area contributed by atoms with Gasteiger partial charge in [0.25, 0.3) is 0 Å². The quantitative estimate of drug-likeness (QED) is 0.165. The van der Waals surface area contributed by atoms with Gasteiger partial charge in [0.1, 0.15) is 5.58 Å². The number of para-hydroxylation sites is 4. The summed E-state index contributed by atoms with van der Waals surface area (Å²) in [7, 11) is 0. The average Bonchev–Trinajstić information content (AvgIpc) is 3.72. The first-order chi connectivity index (χ1) is 30.9. The van der Waals surface area contributed by atoms with Crippen molar-refractivity contribution in [2.24, 2.45) is 0 Å². The Bertz CT molecular complexity index is 3420. The molecule has 0 radical (unpaired) electrons. The Hall–Kier alpha value is -7.56. The second kappa shape index (κ2) is 13.2. The van der Waals surface area contributed by atoms with Gasteiger partial charge in [-0.3, -0.25) is 0 Å². The van der Waals surface area contributed by atoms with E-state index in [1.165, 1.54) is 83.7 Å². The molecule has 63 heavy (non-hydrogen) atoms. The maximum atomic E-state index is 6.97. The maximum absolute atomic E-state index is 6.97. The minimum absolute atomic E-state index is 0.116. The van der Waals surface area contributed by atoms with Crippen LogP contribution in [0.2, 0.25) is 0 Å². The molecule has 0 saturated carbocycles.